The smallest absolute Gasteiger partial charge is 0.342 e. The molecule has 1 aliphatic rings. The first-order chi connectivity index (χ1) is 20.4. The van der Waals surface area contributed by atoms with Crippen molar-refractivity contribution >= 4 is 35.5 Å². The quantitative estimate of drug-likeness (QED) is 0.121. The highest BCUT2D eigenvalue weighted by molar-refractivity contribution is 6.18. The summed E-state index contributed by atoms with van der Waals surface area (Å²) >= 11 is 5.66. The minimum atomic E-state index is -1.54. The maximum Gasteiger partial charge on any atom is 0.342 e. The van der Waals surface area contributed by atoms with Crippen molar-refractivity contribution in [3.8, 4) is 0 Å². The third-order valence-corrected chi connectivity index (χ3v) is 6.27. The molecular formula is C29H26ClN3O9. The van der Waals surface area contributed by atoms with E-state index in [-0.39, 0.29) is 35.7 Å². The number of alkyl halides is 1. The van der Waals surface area contributed by atoms with Gasteiger partial charge in [-0.15, -0.1) is 16.5 Å². The molecule has 4 rings (SSSR count). The van der Waals surface area contributed by atoms with Crippen LogP contribution in [-0.2, 0) is 18.9 Å². The minimum absolute atomic E-state index is 0.0913. The zero-order valence-electron chi connectivity index (χ0n) is 22.0. The van der Waals surface area contributed by atoms with Gasteiger partial charge in [-0.05, 0) is 36.4 Å². The molecule has 0 aromatic heterocycles. The van der Waals surface area contributed by atoms with Gasteiger partial charge in [0.1, 0.15) is 0 Å². The fraction of sp³-hybridized carbons (Fsp3) is 0.241. The third kappa shape index (κ3) is 7.68. The standard InChI is InChI=1S/C29H26ClN3O9/c30-16-17-33(32-38)29(37)31-25-24(42-28(36)21-14-8-3-9-15-21)23(41-27(35)20-12-6-2-7-13-20)22(18-39-25)40-26(34)19-10-4-1-5-11-19/h1-15,22-25H,16-18H2,(H,31,37). The first-order valence-corrected chi connectivity index (χ1v) is 13.3. The van der Waals surface area contributed by atoms with Gasteiger partial charge < -0.3 is 24.3 Å². The van der Waals surface area contributed by atoms with Gasteiger partial charge >= 0.3 is 23.9 Å². The van der Waals surface area contributed by atoms with Gasteiger partial charge in [0, 0.05) is 5.88 Å². The molecule has 1 aliphatic heterocycles. The highest BCUT2D eigenvalue weighted by atomic mass is 35.5. The number of rotatable bonds is 10. The molecule has 1 heterocycles. The molecule has 3 aromatic carbocycles. The number of nitrogens with zero attached hydrogens (tertiary/aromatic N) is 2. The van der Waals surface area contributed by atoms with Crippen molar-refractivity contribution in [1.82, 2.24) is 10.3 Å². The lowest BCUT2D eigenvalue weighted by Gasteiger charge is -2.41. The number of hydrogen-bond donors (Lipinski definition) is 1. The summed E-state index contributed by atoms with van der Waals surface area (Å²) in [6, 6.07) is 23.0. The number of nitroso groups, excluding NO2 is 1. The molecule has 42 heavy (non-hydrogen) atoms. The third-order valence-electron chi connectivity index (χ3n) is 6.10. The maximum absolute atomic E-state index is 13.2. The summed E-state index contributed by atoms with van der Waals surface area (Å²) in [7, 11) is 0. The number of hydrogen-bond acceptors (Lipinski definition) is 10. The molecule has 2 amide bonds. The van der Waals surface area contributed by atoms with Crippen LogP contribution in [0.3, 0.4) is 0 Å². The zero-order valence-corrected chi connectivity index (χ0v) is 22.8. The number of benzene rings is 3. The van der Waals surface area contributed by atoms with Gasteiger partial charge in [-0.25, -0.2) is 19.2 Å². The topological polar surface area (TPSA) is 150 Å². The molecule has 4 unspecified atom stereocenters. The second-order valence-electron chi connectivity index (χ2n) is 8.88. The molecule has 12 nitrogen and oxygen atoms in total. The van der Waals surface area contributed by atoms with E-state index in [4.69, 9.17) is 30.5 Å². The molecule has 13 heteroatoms. The Balaban J connectivity index is 1.68. The van der Waals surface area contributed by atoms with E-state index >= 15 is 0 Å². The van der Waals surface area contributed by atoms with E-state index in [1.165, 1.54) is 36.4 Å². The summed E-state index contributed by atoms with van der Waals surface area (Å²) in [5.41, 5.74) is 0.536. The van der Waals surface area contributed by atoms with Crippen molar-refractivity contribution in [2.45, 2.75) is 24.5 Å². The van der Waals surface area contributed by atoms with Crippen molar-refractivity contribution in [1.29, 1.82) is 0 Å². The summed E-state index contributed by atoms with van der Waals surface area (Å²) < 4.78 is 22.9. The summed E-state index contributed by atoms with van der Waals surface area (Å²) in [5.74, 6) is -2.50. The lowest BCUT2D eigenvalue weighted by Crippen LogP contribution is -2.63. The molecule has 218 valence electrons. The molecule has 0 aliphatic carbocycles. The van der Waals surface area contributed by atoms with Crippen molar-refractivity contribution in [2.24, 2.45) is 5.29 Å². The molecule has 3 aromatic rings. The second-order valence-corrected chi connectivity index (χ2v) is 9.26. The molecule has 0 radical (unpaired) electrons. The number of halogens is 1. The monoisotopic (exact) mass is 595 g/mol. The van der Waals surface area contributed by atoms with Crippen LogP contribution in [0.4, 0.5) is 4.79 Å². The van der Waals surface area contributed by atoms with Crippen molar-refractivity contribution < 1.29 is 38.1 Å². The average Bonchev–Trinajstić information content (AvgIpc) is 3.03. The highest BCUT2D eigenvalue weighted by Crippen LogP contribution is 2.26. The molecule has 1 fully saturated rings. The Morgan fingerprint density at radius 3 is 1.67 bits per heavy atom. The Morgan fingerprint density at radius 1 is 0.762 bits per heavy atom. The van der Waals surface area contributed by atoms with Crippen LogP contribution in [0.1, 0.15) is 31.1 Å². The lowest BCUT2D eigenvalue weighted by atomic mass is 10.0. The Bertz CT molecular complexity index is 1380. The van der Waals surface area contributed by atoms with Crippen molar-refractivity contribution in [2.75, 3.05) is 19.0 Å². The van der Waals surface area contributed by atoms with Crippen molar-refractivity contribution in [3.05, 3.63) is 113 Å². The van der Waals surface area contributed by atoms with Gasteiger partial charge in [0.25, 0.3) is 0 Å². The molecular weight excluding hydrogens is 570 g/mol. The van der Waals surface area contributed by atoms with Crippen molar-refractivity contribution in [3.63, 3.8) is 0 Å². The Kier molecular flexibility index (Phi) is 10.6. The van der Waals surface area contributed by atoms with E-state index in [0.29, 0.717) is 5.01 Å². The van der Waals surface area contributed by atoms with Crippen LogP contribution in [0.25, 0.3) is 0 Å². The number of ether oxygens (including phenoxy) is 4. The average molecular weight is 596 g/mol. The fourth-order valence-corrected chi connectivity index (χ4v) is 4.20. The van der Waals surface area contributed by atoms with Crippen LogP contribution in [-0.4, -0.2) is 72.5 Å². The molecule has 4 atom stereocenters. The van der Waals surface area contributed by atoms with Gasteiger partial charge in [0.15, 0.2) is 24.5 Å². The molecule has 0 bridgehead atoms. The summed E-state index contributed by atoms with van der Waals surface area (Å²) in [4.78, 5) is 63.3. The zero-order chi connectivity index (χ0) is 29.9. The van der Waals surface area contributed by atoms with E-state index in [9.17, 15) is 24.1 Å². The normalized spacial score (nSPS) is 19.5. The molecule has 0 saturated carbocycles. The van der Waals surface area contributed by atoms with E-state index in [1.807, 2.05) is 0 Å². The number of urea groups is 1. The summed E-state index contributed by atoms with van der Waals surface area (Å²) in [6.07, 6.45) is -5.72. The Labute approximate surface area is 245 Å². The number of carbonyl (C=O) groups is 4. The van der Waals surface area contributed by atoms with Crippen LogP contribution in [0.2, 0.25) is 0 Å². The first kappa shape index (κ1) is 30.2. The Hall–Kier alpha value is -4.81. The van der Waals surface area contributed by atoms with Crippen LogP contribution in [0, 0.1) is 4.91 Å². The molecule has 1 saturated heterocycles. The number of amides is 2. The lowest BCUT2D eigenvalue weighted by molar-refractivity contribution is -0.194. The van der Waals surface area contributed by atoms with Gasteiger partial charge in [-0.3, -0.25) is 0 Å². The second kappa shape index (κ2) is 14.7. The van der Waals surface area contributed by atoms with Crippen LogP contribution < -0.4 is 5.32 Å². The van der Waals surface area contributed by atoms with E-state index in [0.717, 1.165) is 0 Å². The molecule has 1 N–H and O–H groups in total. The fourth-order valence-electron chi connectivity index (χ4n) is 4.04. The van der Waals surface area contributed by atoms with E-state index < -0.39 is 48.5 Å². The molecule has 0 spiro atoms. The van der Waals surface area contributed by atoms with Gasteiger partial charge in [0.05, 0.1) is 35.1 Å². The van der Waals surface area contributed by atoms with E-state index in [1.54, 1.807) is 54.6 Å². The predicted molar refractivity (Wildman–Crippen MR) is 148 cm³/mol. The van der Waals surface area contributed by atoms with Crippen LogP contribution >= 0.6 is 11.6 Å². The predicted octanol–water partition coefficient (Wildman–Crippen LogP) is 3.95. The Morgan fingerprint density at radius 2 is 1.21 bits per heavy atom. The van der Waals surface area contributed by atoms with Gasteiger partial charge in [-0.1, -0.05) is 54.6 Å². The minimum Gasteiger partial charge on any atom is -0.452 e. The SMILES string of the molecule is O=NN(CCCl)C(=O)NC1OCC(OC(=O)c2ccccc2)C(OC(=O)c2ccccc2)C1OC(=O)c1ccccc1. The number of esters is 3. The van der Waals surface area contributed by atoms with E-state index in [2.05, 4.69) is 10.6 Å². The van der Waals surface area contributed by atoms with Crippen LogP contribution in [0.5, 0.6) is 0 Å². The maximum atomic E-state index is 13.2. The number of carbonyl (C=O) groups excluding carboxylic acids is 4. The number of nitrogens with one attached hydrogen (secondary N) is 1. The summed E-state index contributed by atoms with van der Waals surface area (Å²) in [5, 5.41) is 5.57. The van der Waals surface area contributed by atoms with Gasteiger partial charge in [-0.2, -0.15) is 5.01 Å². The first-order valence-electron chi connectivity index (χ1n) is 12.8. The highest BCUT2D eigenvalue weighted by Gasteiger charge is 2.49. The van der Waals surface area contributed by atoms with Crippen LogP contribution in [0.15, 0.2) is 96.3 Å². The van der Waals surface area contributed by atoms with Gasteiger partial charge in [0.2, 0.25) is 0 Å². The largest absolute Gasteiger partial charge is 0.452 e. The summed E-state index contributed by atoms with van der Waals surface area (Å²) in [6.45, 7) is -0.596.